The largest absolute Gasteiger partial charge is 0.417 e. The van der Waals surface area contributed by atoms with Crippen molar-refractivity contribution in [3.05, 3.63) is 39.8 Å². The zero-order chi connectivity index (χ0) is 23.8. The number of anilines is 2. The van der Waals surface area contributed by atoms with E-state index in [0.717, 1.165) is 6.07 Å². The van der Waals surface area contributed by atoms with E-state index >= 15 is 0 Å². The number of aromatic nitrogens is 2. The van der Waals surface area contributed by atoms with Crippen LogP contribution in [0.5, 0.6) is 0 Å². The molecule has 1 aliphatic rings. The number of rotatable bonds is 6. The Balaban J connectivity index is 2.16. The summed E-state index contributed by atoms with van der Waals surface area (Å²) in [4.78, 5) is 21.3. The molecule has 0 spiro atoms. The molecule has 1 aromatic heterocycles. The van der Waals surface area contributed by atoms with Gasteiger partial charge in [0.1, 0.15) is 11.5 Å². The minimum atomic E-state index is -4.60. The number of benzene rings is 1. The molecule has 0 aliphatic carbocycles. The fourth-order valence-corrected chi connectivity index (χ4v) is 4.18. The summed E-state index contributed by atoms with van der Waals surface area (Å²) in [6.45, 7) is 2.52. The molecule has 0 radical (unpaired) electrons. The van der Waals surface area contributed by atoms with Gasteiger partial charge in [-0.25, -0.2) is 4.98 Å². The zero-order valence-electron chi connectivity index (χ0n) is 19.2. The summed E-state index contributed by atoms with van der Waals surface area (Å²) in [6.07, 6.45) is -4.00. The maximum Gasteiger partial charge on any atom is 0.417 e. The van der Waals surface area contributed by atoms with Gasteiger partial charge in [-0.05, 0) is 31.5 Å². The first-order chi connectivity index (χ1) is 15.0. The molecule has 1 fully saturated rings. The number of hydrogen-bond acceptors (Lipinski definition) is 6. The predicted molar refractivity (Wildman–Crippen MR) is 117 cm³/mol. The summed E-state index contributed by atoms with van der Waals surface area (Å²) in [7, 11) is 7.98. The number of hydrogen-bond donors (Lipinski definition) is 0. The van der Waals surface area contributed by atoms with E-state index in [9.17, 15) is 18.0 Å². The molecule has 2 atom stereocenters. The van der Waals surface area contributed by atoms with Crippen molar-refractivity contribution in [1.82, 2.24) is 9.55 Å². The third-order valence-corrected chi connectivity index (χ3v) is 5.86. The van der Waals surface area contributed by atoms with E-state index in [4.69, 9.17) is 9.47 Å². The highest BCUT2D eigenvalue weighted by molar-refractivity contribution is 5.68. The number of nitrogens with zero attached hydrogens (tertiary/aromatic N) is 4. The lowest BCUT2D eigenvalue weighted by atomic mass is 10.0. The quantitative estimate of drug-likeness (QED) is 0.669. The molecule has 0 unspecified atom stereocenters. The van der Waals surface area contributed by atoms with Crippen LogP contribution in [0.25, 0.3) is 11.4 Å². The van der Waals surface area contributed by atoms with E-state index in [2.05, 4.69) is 4.98 Å². The Morgan fingerprint density at radius 2 is 1.94 bits per heavy atom. The van der Waals surface area contributed by atoms with Gasteiger partial charge in [-0.1, -0.05) is 0 Å². The van der Waals surface area contributed by atoms with Gasteiger partial charge in [-0.3, -0.25) is 9.36 Å². The Morgan fingerprint density at radius 1 is 1.25 bits per heavy atom. The molecular formula is C22H29F3N4O3. The van der Waals surface area contributed by atoms with Gasteiger partial charge >= 0.3 is 6.18 Å². The summed E-state index contributed by atoms with van der Waals surface area (Å²) in [5.41, 5.74) is -0.250. The number of ether oxygens (including phenoxy) is 2. The van der Waals surface area contributed by atoms with E-state index in [1.165, 1.54) is 17.7 Å². The number of alkyl halides is 3. The predicted octanol–water partition coefficient (Wildman–Crippen LogP) is 3.08. The van der Waals surface area contributed by atoms with Crippen molar-refractivity contribution in [3.63, 3.8) is 0 Å². The fourth-order valence-electron chi connectivity index (χ4n) is 4.18. The monoisotopic (exact) mass is 454 g/mol. The van der Waals surface area contributed by atoms with Crippen molar-refractivity contribution in [3.8, 4) is 11.4 Å². The molecule has 10 heteroatoms. The smallest absolute Gasteiger partial charge is 0.383 e. The normalized spacial score (nSPS) is 19.0. The van der Waals surface area contributed by atoms with Crippen LogP contribution in [0.4, 0.5) is 24.5 Å². The van der Waals surface area contributed by atoms with Crippen molar-refractivity contribution in [2.24, 2.45) is 7.05 Å². The first kappa shape index (κ1) is 24.1. The Labute approximate surface area is 185 Å². The number of methoxy groups -OCH3 is 2. The van der Waals surface area contributed by atoms with E-state index in [1.54, 1.807) is 46.2 Å². The van der Waals surface area contributed by atoms with Gasteiger partial charge in [0, 0.05) is 53.2 Å². The number of aryl methyl sites for hydroxylation is 1. The van der Waals surface area contributed by atoms with Crippen LogP contribution in [-0.4, -0.2) is 63.2 Å². The lowest BCUT2D eigenvalue weighted by Gasteiger charge is -2.27. The maximum absolute atomic E-state index is 13.9. The van der Waals surface area contributed by atoms with Crippen molar-refractivity contribution in [2.75, 3.05) is 51.3 Å². The van der Waals surface area contributed by atoms with E-state index in [1.807, 2.05) is 4.90 Å². The average Bonchev–Trinajstić information content (AvgIpc) is 3.12. The van der Waals surface area contributed by atoms with Crippen LogP contribution >= 0.6 is 0 Å². The molecule has 176 valence electrons. The summed E-state index contributed by atoms with van der Waals surface area (Å²) in [5, 5.41) is 0. The minimum Gasteiger partial charge on any atom is -0.383 e. The summed E-state index contributed by atoms with van der Waals surface area (Å²) < 4.78 is 53.6. The fraction of sp³-hybridized carbons (Fsp3) is 0.545. The minimum absolute atomic E-state index is 0.0281. The van der Waals surface area contributed by atoms with Crippen molar-refractivity contribution >= 4 is 11.4 Å². The molecule has 32 heavy (non-hydrogen) atoms. The average molecular weight is 454 g/mol. The molecule has 1 aliphatic heterocycles. The Kier molecular flexibility index (Phi) is 6.85. The maximum atomic E-state index is 13.9. The van der Waals surface area contributed by atoms with Crippen LogP contribution in [0.15, 0.2) is 23.0 Å². The third kappa shape index (κ3) is 4.47. The van der Waals surface area contributed by atoms with Crippen molar-refractivity contribution in [1.29, 1.82) is 0 Å². The molecule has 7 nitrogen and oxygen atoms in total. The van der Waals surface area contributed by atoms with Crippen LogP contribution in [0.1, 0.15) is 17.7 Å². The highest BCUT2D eigenvalue weighted by Gasteiger charge is 2.37. The van der Waals surface area contributed by atoms with Crippen molar-refractivity contribution in [2.45, 2.75) is 31.7 Å². The first-order valence-corrected chi connectivity index (χ1v) is 10.2. The van der Waals surface area contributed by atoms with E-state index in [0.29, 0.717) is 36.6 Å². The highest BCUT2D eigenvalue weighted by atomic mass is 19.4. The van der Waals surface area contributed by atoms with Gasteiger partial charge in [0.05, 0.1) is 30.0 Å². The Hall–Kier alpha value is -2.59. The topological polar surface area (TPSA) is 59.8 Å². The summed E-state index contributed by atoms with van der Waals surface area (Å²) in [5.74, 6) is -0.0281. The molecule has 1 saturated heterocycles. The molecule has 0 bridgehead atoms. The standard InChI is InChI=1S/C22H29F3N4O3/c1-13-19(29-11-16(32-6)9-15(29)12-31-5)21(30)28(4)20(26-13)17-8-7-14(27(2)3)10-18(17)22(23,24)25/h7-8,10,15-16H,9,11-12H2,1-6H3/t15-,16+/m0/s1. The van der Waals surface area contributed by atoms with E-state index in [-0.39, 0.29) is 23.5 Å². The van der Waals surface area contributed by atoms with Crippen LogP contribution in [0, 0.1) is 6.92 Å². The molecule has 0 saturated carbocycles. The Morgan fingerprint density at radius 3 is 2.50 bits per heavy atom. The van der Waals surface area contributed by atoms with Gasteiger partial charge in [-0.15, -0.1) is 0 Å². The van der Waals surface area contributed by atoms with Crippen LogP contribution in [-0.2, 0) is 22.7 Å². The second kappa shape index (κ2) is 9.11. The van der Waals surface area contributed by atoms with Crippen LogP contribution < -0.4 is 15.4 Å². The molecule has 2 heterocycles. The second-order valence-corrected chi connectivity index (χ2v) is 8.21. The van der Waals surface area contributed by atoms with Gasteiger partial charge in [0.2, 0.25) is 0 Å². The highest BCUT2D eigenvalue weighted by Crippen LogP contribution is 2.39. The van der Waals surface area contributed by atoms with Crippen molar-refractivity contribution < 1.29 is 22.6 Å². The lowest BCUT2D eigenvalue weighted by molar-refractivity contribution is -0.137. The second-order valence-electron chi connectivity index (χ2n) is 8.21. The molecule has 0 amide bonds. The molecular weight excluding hydrogens is 425 g/mol. The summed E-state index contributed by atoms with van der Waals surface area (Å²) in [6, 6.07) is 3.93. The van der Waals surface area contributed by atoms with Gasteiger partial charge in [-0.2, -0.15) is 13.2 Å². The number of halogens is 3. The summed E-state index contributed by atoms with van der Waals surface area (Å²) >= 11 is 0. The van der Waals surface area contributed by atoms with Crippen LogP contribution in [0.2, 0.25) is 0 Å². The SMILES string of the molecule is COC[C@@H]1C[C@@H](OC)CN1c1c(C)nc(-c2ccc(N(C)C)cc2C(F)(F)F)n(C)c1=O. The molecule has 0 N–H and O–H groups in total. The van der Waals surface area contributed by atoms with Gasteiger partial charge in [0.15, 0.2) is 0 Å². The molecule has 2 aromatic rings. The van der Waals surface area contributed by atoms with Crippen LogP contribution in [0.3, 0.4) is 0 Å². The van der Waals surface area contributed by atoms with Gasteiger partial charge in [0.25, 0.3) is 5.56 Å². The molecule has 3 rings (SSSR count). The zero-order valence-corrected chi connectivity index (χ0v) is 19.2. The Bertz CT molecular complexity index is 1040. The van der Waals surface area contributed by atoms with E-state index < -0.39 is 17.3 Å². The first-order valence-electron chi connectivity index (χ1n) is 10.2. The third-order valence-electron chi connectivity index (χ3n) is 5.86. The lowest BCUT2D eigenvalue weighted by Crippen LogP contribution is -2.39. The van der Waals surface area contributed by atoms with Gasteiger partial charge < -0.3 is 19.3 Å². The molecule has 1 aromatic carbocycles.